The summed E-state index contributed by atoms with van der Waals surface area (Å²) >= 11 is 0. The van der Waals surface area contributed by atoms with Crippen LogP contribution in [0.25, 0.3) is 0 Å². The summed E-state index contributed by atoms with van der Waals surface area (Å²) < 4.78 is 34.0. The summed E-state index contributed by atoms with van der Waals surface area (Å²) in [4.78, 5) is 9.44. The monoisotopic (exact) mass is 440 g/mol. The van der Waals surface area contributed by atoms with Gasteiger partial charge in [0.2, 0.25) is 5.82 Å². The van der Waals surface area contributed by atoms with Crippen molar-refractivity contribution in [3.05, 3.63) is 65.3 Å². The Labute approximate surface area is 190 Å². The second-order valence-electron chi connectivity index (χ2n) is 9.27. The zero-order chi connectivity index (χ0) is 22.5. The van der Waals surface area contributed by atoms with Gasteiger partial charge in [-0.15, -0.1) is 0 Å². The molecule has 0 bridgehead atoms. The minimum atomic E-state index is -0.870. The van der Waals surface area contributed by atoms with Crippen molar-refractivity contribution in [2.75, 3.05) is 6.61 Å². The molecule has 0 radical (unpaired) electrons. The van der Waals surface area contributed by atoms with Gasteiger partial charge in [0, 0.05) is 18.3 Å². The molecule has 1 aromatic heterocycles. The van der Waals surface area contributed by atoms with Crippen molar-refractivity contribution < 1.29 is 13.5 Å². The normalized spacial score (nSPS) is 26.4. The SMILES string of the molecule is C/C=C/C1CCC(c2cnc(C3CCC(c4ccc(OCC)c(F)c4F)CC3)nc2)CC1. The number of rotatable bonds is 6. The number of nitrogens with zero attached hydrogens (tertiary/aromatic N) is 2. The summed E-state index contributed by atoms with van der Waals surface area (Å²) in [6.45, 7) is 4.17. The summed E-state index contributed by atoms with van der Waals surface area (Å²) in [7, 11) is 0. The van der Waals surface area contributed by atoms with Gasteiger partial charge in [-0.05, 0) is 100 Å². The molecule has 2 fully saturated rings. The first kappa shape index (κ1) is 22.9. The van der Waals surface area contributed by atoms with Crippen LogP contribution in [-0.2, 0) is 0 Å². The van der Waals surface area contributed by atoms with Crippen LogP contribution in [0.1, 0.15) is 99.9 Å². The molecule has 172 valence electrons. The lowest BCUT2D eigenvalue weighted by atomic mass is 9.78. The number of hydrogen-bond acceptors (Lipinski definition) is 3. The maximum Gasteiger partial charge on any atom is 0.200 e. The van der Waals surface area contributed by atoms with Crippen LogP contribution in [0.5, 0.6) is 5.75 Å². The average Bonchev–Trinajstić information content (AvgIpc) is 2.83. The number of halogens is 2. The number of hydrogen-bond donors (Lipinski definition) is 0. The second kappa shape index (κ2) is 10.5. The van der Waals surface area contributed by atoms with E-state index < -0.39 is 11.6 Å². The zero-order valence-electron chi connectivity index (χ0n) is 19.2. The van der Waals surface area contributed by atoms with Crippen molar-refractivity contribution in [3.63, 3.8) is 0 Å². The van der Waals surface area contributed by atoms with Crippen LogP contribution >= 0.6 is 0 Å². The first-order chi connectivity index (χ1) is 15.6. The van der Waals surface area contributed by atoms with E-state index in [2.05, 4.69) is 19.1 Å². The first-order valence-corrected chi connectivity index (χ1v) is 12.2. The summed E-state index contributed by atoms with van der Waals surface area (Å²) in [5.41, 5.74) is 1.72. The zero-order valence-corrected chi connectivity index (χ0v) is 19.2. The highest BCUT2D eigenvalue weighted by Gasteiger charge is 2.29. The van der Waals surface area contributed by atoms with Crippen molar-refractivity contribution in [2.24, 2.45) is 5.92 Å². The molecule has 5 heteroatoms. The van der Waals surface area contributed by atoms with E-state index in [1.165, 1.54) is 31.2 Å². The van der Waals surface area contributed by atoms with E-state index in [4.69, 9.17) is 14.7 Å². The maximum atomic E-state index is 14.6. The molecule has 4 rings (SSSR count). The van der Waals surface area contributed by atoms with Crippen LogP contribution < -0.4 is 4.74 Å². The molecule has 0 N–H and O–H groups in total. The van der Waals surface area contributed by atoms with E-state index in [-0.39, 0.29) is 11.7 Å². The van der Waals surface area contributed by atoms with Crippen LogP contribution in [-0.4, -0.2) is 16.6 Å². The molecule has 0 aliphatic heterocycles. The maximum absolute atomic E-state index is 14.6. The van der Waals surface area contributed by atoms with Gasteiger partial charge in [-0.2, -0.15) is 4.39 Å². The molecular weight excluding hydrogens is 406 g/mol. The number of benzene rings is 1. The fourth-order valence-electron chi connectivity index (χ4n) is 5.48. The highest BCUT2D eigenvalue weighted by molar-refractivity contribution is 5.33. The molecule has 2 aliphatic carbocycles. The quantitative estimate of drug-likeness (QED) is 0.438. The fourth-order valence-corrected chi connectivity index (χ4v) is 5.48. The highest BCUT2D eigenvalue weighted by atomic mass is 19.2. The second-order valence-corrected chi connectivity index (χ2v) is 9.27. The largest absolute Gasteiger partial charge is 0.491 e. The van der Waals surface area contributed by atoms with Gasteiger partial charge in [0.15, 0.2) is 11.6 Å². The van der Waals surface area contributed by atoms with E-state index in [0.717, 1.165) is 37.4 Å². The van der Waals surface area contributed by atoms with E-state index in [1.54, 1.807) is 19.1 Å². The van der Waals surface area contributed by atoms with Crippen LogP contribution in [0.2, 0.25) is 0 Å². The van der Waals surface area contributed by atoms with E-state index in [1.807, 2.05) is 12.4 Å². The van der Waals surface area contributed by atoms with E-state index in [0.29, 0.717) is 24.0 Å². The molecule has 32 heavy (non-hydrogen) atoms. The fraction of sp³-hybridized carbons (Fsp3) is 0.556. The summed E-state index contributed by atoms with van der Waals surface area (Å²) in [6.07, 6.45) is 16.8. The van der Waals surface area contributed by atoms with Crippen molar-refractivity contribution in [2.45, 2.75) is 83.0 Å². The molecule has 1 aromatic carbocycles. The predicted octanol–water partition coefficient (Wildman–Crippen LogP) is 7.44. The third kappa shape index (κ3) is 5.02. The van der Waals surface area contributed by atoms with Crippen molar-refractivity contribution in [1.29, 1.82) is 0 Å². The predicted molar refractivity (Wildman–Crippen MR) is 123 cm³/mol. The van der Waals surface area contributed by atoms with Gasteiger partial charge < -0.3 is 4.74 Å². The standard InChI is InChI=1S/C27H34F2N2O/c1-3-5-18-6-8-19(9-7-18)22-16-30-27(31-17-22)21-12-10-20(11-13-21)23-14-15-24(32-4-2)26(29)25(23)28/h3,5,14-21H,4,6-13H2,1-2H3/b5-3+. The number of ether oxygens (including phenoxy) is 1. The van der Waals surface area contributed by atoms with Crippen LogP contribution in [0.4, 0.5) is 8.78 Å². The van der Waals surface area contributed by atoms with Crippen LogP contribution in [0.15, 0.2) is 36.7 Å². The first-order valence-electron chi connectivity index (χ1n) is 12.2. The Balaban J connectivity index is 1.34. The Hall–Kier alpha value is -2.30. The summed E-state index contributed by atoms with van der Waals surface area (Å²) in [6, 6.07) is 3.24. The third-order valence-electron chi connectivity index (χ3n) is 7.31. The van der Waals surface area contributed by atoms with Gasteiger partial charge in [0.05, 0.1) is 6.61 Å². The van der Waals surface area contributed by atoms with Crippen LogP contribution in [0, 0.1) is 17.6 Å². The Bertz CT molecular complexity index is 912. The van der Waals surface area contributed by atoms with Crippen LogP contribution in [0.3, 0.4) is 0 Å². The Morgan fingerprint density at radius 3 is 2.12 bits per heavy atom. The molecule has 2 saturated carbocycles. The van der Waals surface area contributed by atoms with Crippen molar-refractivity contribution in [3.8, 4) is 5.75 Å². The molecule has 2 aromatic rings. The summed E-state index contributed by atoms with van der Waals surface area (Å²) in [5.74, 6) is 0.872. The molecule has 1 heterocycles. The topological polar surface area (TPSA) is 35.0 Å². The molecule has 0 atom stereocenters. The van der Waals surface area contributed by atoms with E-state index in [9.17, 15) is 8.78 Å². The van der Waals surface area contributed by atoms with Gasteiger partial charge >= 0.3 is 0 Å². The van der Waals surface area contributed by atoms with Gasteiger partial charge in [0.1, 0.15) is 5.82 Å². The minimum absolute atomic E-state index is 0.00811. The van der Waals surface area contributed by atoms with Gasteiger partial charge in [-0.3, -0.25) is 0 Å². The minimum Gasteiger partial charge on any atom is -0.491 e. The Morgan fingerprint density at radius 1 is 0.875 bits per heavy atom. The molecule has 3 nitrogen and oxygen atoms in total. The number of allylic oxidation sites excluding steroid dienone is 2. The molecule has 0 saturated heterocycles. The van der Waals surface area contributed by atoms with Gasteiger partial charge in [-0.1, -0.05) is 18.2 Å². The van der Waals surface area contributed by atoms with E-state index >= 15 is 0 Å². The van der Waals surface area contributed by atoms with Crippen molar-refractivity contribution in [1.82, 2.24) is 9.97 Å². The molecule has 0 unspecified atom stereocenters. The smallest absolute Gasteiger partial charge is 0.200 e. The van der Waals surface area contributed by atoms with Gasteiger partial charge in [0.25, 0.3) is 0 Å². The van der Waals surface area contributed by atoms with Crippen molar-refractivity contribution >= 4 is 0 Å². The average molecular weight is 441 g/mol. The molecular formula is C27H34F2N2O. The lowest BCUT2D eigenvalue weighted by Gasteiger charge is -2.29. The Kier molecular flexibility index (Phi) is 7.54. The highest BCUT2D eigenvalue weighted by Crippen LogP contribution is 2.42. The van der Waals surface area contributed by atoms with Gasteiger partial charge in [-0.25, -0.2) is 14.4 Å². The molecule has 2 aliphatic rings. The summed E-state index contributed by atoms with van der Waals surface area (Å²) in [5, 5.41) is 0. The third-order valence-corrected chi connectivity index (χ3v) is 7.31. The lowest BCUT2D eigenvalue weighted by Crippen LogP contribution is -2.16. The number of aromatic nitrogens is 2. The molecule has 0 amide bonds. The molecule has 0 spiro atoms. The lowest BCUT2D eigenvalue weighted by molar-refractivity contribution is 0.310. The Morgan fingerprint density at radius 2 is 1.50 bits per heavy atom.